The zero-order chi connectivity index (χ0) is 15.9. The van der Waals surface area contributed by atoms with Gasteiger partial charge in [0.2, 0.25) is 10.0 Å². The predicted octanol–water partition coefficient (Wildman–Crippen LogP) is 1.90. The van der Waals surface area contributed by atoms with E-state index in [1.807, 2.05) is 6.92 Å². The minimum absolute atomic E-state index is 0.138. The van der Waals surface area contributed by atoms with E-state index in [9.17, 15) is 13.2 Å². The first-order chi connectivity index (χ1) is 9.92. The lowest BCUT2D eigenvalue weighted by atomic mass is 10.1. The van der Waals surface area contributed by atoms with Gasteiger partial charge in [0.15, 0.2) is 0 Å². The fraction of sp³-hybridized carbons (Fsp3) is 0.500. The summed E-state index contributed by atoms with van der Waals surface area (Å²) < 4.78 is 26.9. The highest BCUT2D eigenvalue weighted by molar-refractivity contribution is 7.89. The van der Waals surface area contributed by atoms with Crippen LogP contribution in [0.3, 0.4) is 0 Å². The van der Waals surface area contributed by atoms with E-state index in [2.05, 4.69) is 10.0 Å². The van der Waals surface area contributed by atoms with Crippen LogP contribution in [0.2, 0.25) is 0 Å². The molecule has 7 heteroatoms. The molecule has 0 saturated heterocycles. The average molecular weight is 314 g/mol. The van der Waals surface area contributed by atoms with E-state index in [0.717, 1.165) is 0 Å². The molecule has 0 aliphatic heterocycles. The molecule has 0 amide bonds. The number of carboxylic acid groups (broad SMARTS) is 1. The molecule has 0 aliphatic rings. The second kappa shape index (κ2) is 7.99. The van der Waals surface area contributed by atoms with E-state index < -0.39 is 21.9 Å². The third-order valence-corrected chi connectivity index (χ3v) is 4.62. The number of aliphatic carboxylic acids is 1. The summed E-state index contributed by atoms with van der Waals surface area (Å²) in [5, 5.41) is 12.0. The summed E-state index contributed by atoms with van der Waals surface area (Å²) in [4.78, 5) is 11.1. The van der Waals surface area contributed by atoms with Crippen LogP contribution in [0.1, 0.15) is 26.7 Å². The van der Waals surface area contributed by atoms with Crippen LogP contribution in [-0.4, -0.2) is 32.6 Å². The molecule has 0 heterocycles. The zero-order valence-corrected chi connectivity index (χ0v) is 13.1. The van der Waals surface area contributed by atoms with Crippen molar-refractivity contribution in [3.05, 3.63) is 24.3 Å². The highest BCUT2D eigenvalue weighted by Crippen LogP contribution is 2.21. The van der Waals surface area contributed by atoms with E-state index in [4.69, 9.17) is 5.11 Å². The van der Waals surface area contributed by atoms with Gasteiger partial charge in [0.1, 0.15) is 4.90 Å². The summed E-state index contributed by atoms with van der Waals surface area (Å²) >= 11 is 0. The molecule has 1 unspecified atom stereocenters. The smallest absolute Gasteiger partial charge is 0.308 e. The minimum Gasteiger partial charge on any atom is -0.481 e. The Hall–Kier alpha value is -1.60. The molecular formula is C14H22N2O4S. The van der Waals surface area contributed by atoms with E-state index in [-0.39, 0.29) is 11.4 Å². The standard InChI is InChI=1S/C14H22N2O4S/c1-3-9-16-21(19,20)13-8-6-5-7-12(13)15-10-11(4-2)14(17)18/h5-8,11,15-16H,3-4,9-10H2,1-2H3,(H,17,18). The largest absolute Gasteiger partial charge is 0.481 e. The van der Waals surface area contributed by atoms with Gasteiger partial charge >= 0.3 is 5.97 Å². The molecule has 0 aromatic heterocycles. The van der Waals surface area contributed by atoms with E-state index in [0.29, 0.717) is 25.1 Å². The second-order valence-electron chi connectivity index (χ2n) is 4.72. The molecule has 118 valence electrons. The molecule has 3 N–H and O–H groups in total. The highest BCUT2D eigenvalue weighted by atomic mass is 32.2. The number of carboxylic acids is 1. The third kappa shape index (κ3) is 5.02. The van der Waals surface area contributed by atoms with Gasteiger partial charge < -0.3 is 10.4 Å². The molecule has 0 spiro atoms. The summed E-state index contributed by atoms with van der Waals surface area (Å²) in [6, 6.07) is 6.49. The van der Waals surface area contributed by atoms with Crippen molar-refractivity contribution in [2.45, 2.75) is 31.6 Å². The van der Waals surface area contributed by atoms with Gasteiger partial charge in [-0.25, -0.2) is 13.1 Å². The molecule has 0 saturated carbocycles. The third-order valence-electron chi connectivity index (χ3n) is 3.10. The first-order valence-electron chi connectivity index (χ1n) is 6.97. The van der Waals surface area contributed by atoms with Gasteiger partial charge in [0.05, 0.1) is 11.6 Å². The van der Waals surface area contributed by atoms with Crippen LogP contribution in [0.15, 0.2) is 29.2 Å². The van der Waals surface area contributed by atoms with E-state index in [1.54, 1.807) is 25.1 Å². The van der Waals surface area contributed by atoms with Crippen LogP contribution < -0.4 is 10.0 Å². The van der Waals surface area contributed by atoms with Crippen LogP contribution >= 0.6 is 0 Å². The number of nitrogens with one attached hydrogen (secondary N) is 2. The van der Waals surface area contributed by atoms with Crippen molar-refractivity contribution in [2.24, 2.45) is 5.92 Å². The SMILES string of the molecule is CCCNS(=O)(=O)c1ccccc1NCC(CC)C(=O)O. The topological polar surface area (TPSA) is 95.5 Å². The number of carbonyl (C=O) groups is 1. The molecule has 6 nitrogen and oxygen atoms in total. The molecule has 1 aromatic carbocycles. The molecule has 0 radical (unpaired) electrons. The summed E-state index contributed by atoms with van der Waals surface area (Å²) in [5.74, 6) is -1.45. The van der Waals surface area contributed by atoms with Gasteiger partial charge in [-0.1, -0.05) is 26.0 Å². The van der Waals surface area contributed by atoms with Crippen molar-refractivity contribution >= 4 is 21.7 Å². The normalized spacial score (nSPS) is 12.9. The number of sulfonamides is 1. The van der Waals surface area contributed by atoms with Crippen LogP contribution in [0.5, 0.6) is 0 Å². The Morgan fingerprint density at radius 2 is 1.95 bits per heavy atom. The summed E-state index contributed by atoms with van der Waals surface area (Å²) in [5.41, 5.74) is 0.417. The van der Waals surface area contributed by atoms with Gasteiger partial charge in [0.25, 0.3) is 0 Å². The molecule has 1 atom stereocenters. The Morgan fingerprint density at radius 1 is 1.29 bits per heavy atom. The lowest BCUT2D eigenvalue weighted by Gasteiger charge is -2.15. The number of para-hydroxylation sites is 1. The van der Waals surface area contributed by atoms with Gasteiger partial charge in [-0.2, -0.15) is 0 Å². The fourth-order valence-corrected chi connectivity index (χ4v) is 3.12. The molecular weight excluding hydrogens is 292 g/mol. The lowest BCUT2D eigenvalue weighted by Crippen LogP contribution is -2.27. The number of hydrogen-bond acceptors (Lipinski definition) is 4. The van der Waals surface area contributed by atoms with Crippen LogP contribution in [-0.2, 0) is 14.8 Å². The fourth-order valence-electron chi connectivity index (χ4n) is 1.80. The Balaban J connectivity index is 2.92. The summed E-state index contributed by atoms with van der Waals surface area (Å²) in [6.45, 7) is 4.22. The number of rotatable bonds is 9. The lowest BCUT2D eigenvalue weighted by molar-refractivity contribution is -0.141. The van der Waals surface area contributed by atoms with E-state index in [1.165, 1.54) is 6.07 Å². The van der Waals surface area contributed by atoms with E-state index >= 15 is 0 Å². The Labute approximate surface area is 125 Å². The minimum atomic E-state index is -3.59. The van der Waals surface area contributed by atoms with Crippen molar-refractivity contribution in [3.8, 4) is 0 Å². The molecule has 0 aliphatic carbocycles. The van der Waals surface area contributed by atoms with Gasteiger partial charge in [0, 0.05) is 13.1 Å². The summed E-state index contributed by atoms with van der Waals surface area (Å²) in [6.07, 6.45) is 1.18. The number of hydrogen-bond donors (Lipinski definition) is 3. The Bertz CT molecular complexity index is 572. The molecule has 1 aromatic rings. The Kier molecular flexibility index (Phi) is 6.64. The van der Waals surface area contributed by atoms with Crippen molar-refractivity contribution in [1.29, 1.82) is 0 Å². The molecule has 1 rings (SSSR count). The first-order valence-corrected chi connectivity index (χ1v) is 8.46. The van der Waals surface area contributed by atoms with Crippen molar-refractivity contribution in [1.82, 2.24) is 4.72 Å². The van der Waals surface area contributed by atoms with Crippen LogP contribution in [0.25, 0.3) is 0 Å². The quantitative estimate of drug-likeness (QED) is 0.647. The maximum Gasteiger partial charge on any atom is 0.308 e. The first kappa shape index (κ1) is 17.5. The zero-order valence-electron chi connectivity index (χ0n) is 12.3. The Morgan fingerprint density at radius 3 is 2.52 bits per heavy atom. The predicted molar refractivity (Wildman–Crippen MR) is 81.8 cm³/mol. The maximum atomic E-state index is 12.2. The monoisotopic (exact) mass is 314 g/mol. The summed E-state index contributed by atoms with van der Waals surface area (Å²) in [7, 11) is -3.59. The van der Waals surface area contributed by atoms with Crippen LogP contribution in [0, 0.1) is 5.92 Å². The molecule has 21 heavy (non-hydrogen) atoms. The maximum absolute atomic E-state index is 12.2. The van der Waals surface area contributed by atoms with Gasteiger partial charge in [-0.15, -0.1) is 0 Å². The van der Waals surface area contributed by atoms with Crippen LogP contribution in [0.4, 0.5) is 5.69 Å². The average Bonchev–Trinajstić information content (AvgIpc) is 2.46. The van der Waals surface area contributed by atoms with Crippen molar-refractivity contribution < 1.29 is 18.3 Å². The van der Waals surface area contributed by atoms with Crippen molar-refractivity contribution in [2.75, 3.05) is 18.4 Å². The number of benzene rings is 1. The van der Waals surface area contributed by atoms with Gasteiger partial charge in [-0.3, -0.25) is 4.79 Å². The molecule has 0 bridgehead atoms. The number of anilines is 1. The second-order valence-corrected chi connectivity index (χ2v) is 6.45. The highest BCUT2D eigenvalue weighted by Gasteiger charge is 2.19. The van der Waals surface area contributed by atoms with Crippen molar-refractivity contribution in [3.63, 3.8) is 0 Å². The molecule has 0 fully saturated rings. The van der Waals surface area contributed by atoms with Gasteiger partial charge in [-0.05, 0) is 25.0 Å².